The van der Waals surface area contributed by atoms with E-state index in [1.54, 1.807) is 6.20 Å². The van der Waals surface area contributed by atoms with E-state index in [0.29, 0.717) is 29.7 Å². The summed E-state index contributed by atoms with van der Waals surface area (Å²) in [5.41, 5.74) is 4.08. The topological polar surface area (TPSA) is 54.0 Å². The molecule has 4 rings (SSSR count). The lowest BCUT2D eigenvalue weighted by Gasteiger charge is -2.21. The van der Waals surface area contributed by atoms with Crippen molar-refractivity contribution in [1.29, 1.82) is 0 Å². The molecule has 3 aromatic rings. The standard InChI is InChI=1S/C27H26F3N3O/c28-27(29,30)20-10-8-19(9-11-20)24-6-1-2-7-25(24)26(34)33-23-14-12-22(13-15-23)32-18-16-21-5-3-4-17-31-21/h3-5,8-15,17,32H,1-2,6-7,16,18H2,(H,33,34). The molecular weight excluding hydrogens is 439 g/mol. The van der Waals surface area contributed by atoms with E-state index in [-0.39, 0.29) is 5.91 Å². The summed E-state index contributed by atoms with van der Waals surface area (Å²) in [5.74, 6) is -0.203. The maximum absolute atomic E-state index is 13.0. The molecule has 34 heavy (non-hydrogen) atoms. The lowest BCUT2D eigenvalue weighted by Crippen LogP contribution is -2.18. The second-order valence-corrected chi connectivity index (χ2v) is 8.27. The van der Waals surface area contributed by atoms with Crippen molar-refractivity contribution in [3.63, 3.8) is 0 Å². The molecule has 1 aliphatic rings. The van der Waals surface area contributed by atoms with Gasteiger partial charge in [0.25, 0.3) is 5.91 Å². The molecule has 0 unspecified atom stereocenters. The highest BCUT2D eigenvalue weighted by atomic mass is 19.4. The number of halogens is 3. The summed E-state index contributed by atoms with van der Waals surface area (Å²) in [4.78, 5) is 17.3. The molecule has 0 spiro atoms. The number of rotatable bonds is 7. The van der Waals surface area contributed by atoms with E-state index < -0.39 is 11.7 Å². The van der Waals surface area contributed by atoms with Crippen LogP contribution in [0, 0.1) is 0 Å². The molecule has 0 fully saturated rings. The van der Waals surface area contributed by atoms with Crippen molar-refractivity contribution in [1.82, 2.24) is 4.98 Å². The number of pyridine rings is 1. The fraction of sp³-hybridized carbons (Fsp3) is 0.259. The molecule has 0 saturated heterocycles. The molecule has 176 valence electrons. The average Bonchev–Trinajstić information content (AvgIpc) is 2.85. The first-order valence-electron chi connectivity index (χ1n) is 11.3. The summed E-state index contributed by atoms with van der Waals surface area (Å²) in [5, 5.41) is 6.28. The van der Waals surface area contributed by atoms with Gasteiger partial charge in [0.2, 0.25) is 0 Å². The number of anilines is 2. The zero-order chi connectivity index (χ0) is 24.0. The van der Waals surface area contributed by atoms with Gasteiger partial charge in [-0.05, 0) is 85.4 Å². The smallest absolute Gasteiger partial charge is 0.385 e. The van der Waals surface area contributed by atoms with Crippen LogP contribution in [0.3, 0.4) is 0 Å². The number of allylic oxidation sites excluding steroid dienone is 1. The minimum Gasteiger partial charge on any atom is -0.385 e. The Balaban J connectivity index is 1.40. The fourth-order valence-corrected chi connectivity index (χ4v) is 4.09. The summed E-state index contributed by atoms with van der Waals surface area (Å²) in [6.07, 6.45) is 1.28. The van der Waals surface area contributed by atoms with E-state index >= 15 is 0 Å². The Labute approximate surface area is 196 Å². The molecular formula is C27H26F3N3O. The van der Waals surface area contributed by atoms with Crippen molar-refractivity contribution < 1.29 is 18.0 Å². The Morgan fingerprint density at radius 1 is 0.882 bits per heavy atom. The number of hydrogen-bond donors (Lipinski definition) is 2. The normalized spacial score (nSPS) is 14.1. The van der Waals surface area contributed by atoms with Gasteiger partial charge in [0.1, 0.15) is 0 Å². The largest absolute Gasteiger partial charge is 0.416 e. The Hall–Kier alpha value is -3.61. The SMILES string of the molecule is O=C(Nc1ccc(NCCc2ccccn2)cc1)C1=C(c2ccc(C(F)(F)F)cc2)CCCC1. The Bertz CT molecular complexity index is 1140. The van der Waals surface area contributed by atoms with Gasteiger partial charge in [0.15, 0.2) is 0 Å². The molecule has 0 bridgehead atoms. The van der Waals surface area contributed by atoms with Crippen molar-refractivity contribution in [3.8, 4) is 0 Å². The highest BCUT2D eigenvalue weighted by molar-refractivity contribution is 6.09. The van der Waals surface area contributed by atoms with Gasteiger partial charge < -0.3 is 10.6 Å². The minimum absolute atomic E-state index is 0.203. The third-order valence-corrected chi connectivity index (χ3v) is 5.88. The lowest BCUT2D eigenvalue weighted by molar-refractivity contribution is -0.137. The van der Waals surface area contributed by atoms with E-state index in [1.165, 1.54) is 12.1 Å². The van der Waals surface area contributed by atoms with Crippen LogP contribution in [-0.2, 0) is 17.4 Å². The number of aromatic nitrogens is 1. The summed E-state index contributed by atoms with van der Waals surface area (Å²) in [6, 6.07) is 18.4. The third kappa shape index (κ3) is 6.04. The molecule has 0 radical (unpaired) electrons. The number of hydrogen-bond acceptors (Lipinski definition) is 3. The Morgan fingerprint density at radius 3 is 2.26 bits per heavy atom. The predicted molar refractivity (Wildman–Crippen MR) is 128 cm³/mol. The van der Waals surface area contributed by atoms with E-state index in [0.717, 1.165) is 54.9 Å². The molecule has 0 atom stereocenters. The molecule has 0 aliphatic heterocycles. The summed E-state index contributed by atoms with van der Waals surface area (Å²) in [7, 11) is 0. The summed E-state index contributed by atoms with van der Waals surface area (Å²) < 4.78 is 38.7. The first-order valence-corrected chi connectivity index (χ1v) is 11.3. The van der Waals surface area contributed by atoms with E-state index in [1.807, 2.05) is 42.5 Å². The van der Waals surface area contributed by atoms with Gasteiger partial charge in [-0.3, -0.25) is 9.78 Å². The van der Waals surface area contributed by atoms with Crippen molar-refractivity contribution in [2.75, 3.05) is 17.2 Å². The van der Waals surface area contributed by atoms with Crippen molar-refractivity contribution >= 4 is 22.9 Å². The zero-order valence-electron chi connectivity index (χ0n) is 18.7. The molecule has 1 amide bonds. The first-order chi connectivity index (χ1) is 16.4. The zero-order valence-corrected chi connectivity index (χ0v) is 18.7. The quantitative estimate of drug-likeness (QED) is 0.407. The number of nitrogens with zero attached hydrogens (tertiary/aromatic N) is 1. The molecule has 4 nitrogen and oxygen atoms in total. The van der Waals surface area contributed by atoms with Gasteiger partial charge in [-0.1, -0.05) is 18.2 Å². The van der Waals surface area contributed by atoms with Crippen LogP contribution in [0.4, 0.5) is 24.5 Å². The molecule has 2 aromatic carbocycles. The third-order valence-electron chi connectivity index (χ3n) is 5.88. The van der Waals surface area contributed by atoms with Gasteiger partial charge in [-0.25, -0.2) is 0 Å². The number of nitrogens with one attached hydrogen (secondary N) is 2. The van der Waals surface area contributed by atoms with Crippen LogP contribution in [0.1, 0.15) is 42.5 Å². The minimum atomic E-state index is -4.38. The average molecular weight is 466 g/mol. The van der Waals surface area contributed by atoms with Crippen LogP contribution in [0.5, 0.6) is 0 Å². The fourth-order valence-electron chi connectivity index (χ4n) is 4.09. The molecule has 1 heterocycles. The Kier molecular flexibility index (Phi) is 7.30. The van der Waals surface area contributed by atoms with Gasteiger partial charge in [-0.15, -0.1) is 0 Å². The van der Waals surface area contributed by atoms with Crippen LogP contribution >= 0.6 is 0 Å². The number of carbonyl (C=O) groups is 1. The predicted octanol–water partition coefficient (Wildman–Crippen LogP) is 6.72. The van der Waals surface area contributed by atoms with Gasteiger partial charge in [0, 0.05) is 41.8 Å². The van der Waals surface area contributed by atoms with Crippen molar-refractivity contribution in [2.24, 2.45) is 0 Å². The second kappa shape index (κ2) is 10.5. The number of alkyl halides is 3. The van der Waals surface area contributed by atoms with Crippen LogP contribution < -0.4 is 10.6 Å². The van der Waals surface area contributed by atoms with Crippen molar-refractivity contribution in [3.05, 3.63) is 95.3 Å². The number of amides is 1. The van der Waals surface area contributed by atoms with E-state index in [2.05, 4.69) is 15.6 Å². The van der Waals surface area contributed by atoms with Crippen molar-refractivity contribution in [2.45, 2.75) is 38.3 Å². The molecule has 7 heteroatoms. The van der Waals surface area contributed by atoms with E-state index in [9.17, 15) is 18.0 Å². The molecule has 0 saturated carbocycles. The van der Waals surface area contributed by atoms with Gasteiger partial charge in [-0.2, -0.15) is 13.2 Å². The molecule has 1 aromatic heterocycles. The summed E-state index contributed by atoms with van der Waals surface area (Å²) in [6.45, 7) is 0.742. The van der Waals surface area contributed by atoms with Crippen LogP contribution in [0.2, 0.25) is 0 Å². The van der Waals surface area contributed by atoms with E-state index in [4.69, 9.17) is 0 Å². The van der Waals surface area contributed by atoms with Crippen LogP contribution in [0.25, 0.3) is 5.57 Å². The Morgan fingerprint density at radius 2 is 1.59 bits per heavy atom. The maximum atomic E-state index is 13.0. The highest BCUT2D eigenvalue weighted by Gasteiger charge is 2.30. The summed E-state index contributed by atoms with van der Waals surface area (Å²) >= 11 is 0. The van der Waals surface area contributed by atoms with Gasteiger partial charge >= 0.3 is 6.18 Å². The number of carbonyl (C=O) groups excluding carboxylic acids is 1. The van der Waals surface area contributed by atoms with Gasteiger partial charge in [0.05, 0.1) is 5.56 Å². The highest BCUT2D eigenvalue weighted by Crippen LogP contribution is 2.35. The molecule has 1 aliphatic carbocycles. The molecule has 2 N–H and O–H groups in total. The number of benzene rings is 2. The lowest BCUT2D eigenvalue weighted by atomic mass is 9.86. The maximum Gasteiger partial charge on any atom is 0.416 e. The monoisotopic (exact) mass is 465 g/mol. The van der Waals surface area contributed by atoms with Crippen LogP contribution in [0.15, 0.2) is 78.5 Å². The van der Waals surface area contributed by atoms with Crippen LogP contribution in [-0.4, -0.2) is 17.4 Å². The second-order valence-electron chi connectivity index (χ2n) is 8.27. The first kappa shape index (κ1) is 23.5.